The summed E-state index contributed by atoms with van der Waals surface area (Å²) in [5, 5.41) is 8.41. The highest BCUT2D eigenvalue weighted by Crippen LogP contribution is 2.33. The normalized spacial score (nSPS) is 22.4. The summed E-state index contributed by atoms with van der Waals surface area (Å²) in [4.78, 5) is 4.53. The van der Waals surface area contributed by atoms with E-state index in [0.29, 0.717) is 27.8 Å². The first-order chi connectivity index (χ1) is 10.2. The number of nitrogens with zero attached hydrogens (tertiary/aromatic N) is 2. The summed E-state index contributed by atoms with van der Waals surface area (Å²) in [6.07, 6.45) is 4.44. The molecule has 0 bridgehead atoms. The summed E-state index contributed by atoms with van der Waals surface area (Å²) < 4.78 is 5.44. The summed E-state index contributed by atoms with van der Waals surface area (Å²) in [5.41, 5.74) is 0.823. The van der Waals surface area contributed by atoms with Crippen molar-refractivity contribution in [1.29, 1.82) is 0 Å². The van der Waals surface area contributed by atoms with Crippen molar-refractivity contribution in [2.75, 3.05) is 7.05 Å². The van der Waals surface area contributed by atoms with Crippen molar-refractivity contribution < 1.29 is 4.52 Å². The molecule has 0 amide bonds. The van der Waals surface area contributed by atoms with E-state index in [1.165, 1.54) is 0 Å². The maximum atomic E-state index is 6.03. The van der Waals surface area contributed by atoms with Crippen LogP contribution in [-0.4, -0.2) is 23.2 Å². The van der Waals surface area contributed by atoms with Gasteiger partial charge >= 0.3 is 0 Å². The van der Waals surface area contributed by atoms with Crippen LogP contribution in [0.3, 0.4) is 0 Å². The highest BCUT2D eigenvalue weighted by molar-refractivity contribution is 6.42. The van der Waals surface area contributed by atoms with E-state index >= 15 is 0 Å². The van der Waals surface area contributed by atoms with E-state index in [1.807, 2.05) is 13.1 Å². The molecule has 0 spiro atoms. The van der Waals surface area contributed by atoms with Crippen LogP contribution in [0.2, 0.25) is 10.0 Å². The first kappa shape index (κ1) is 14.8. The van der Waals surface area contributed by atoms with Crippen LogP contribution in [0.4, 0.5) is 0 Å². The fraction of sp³-hybridized carbons (Fsp3) is 0.467. The summed E-state index contributed by atoms with van der Waals surface area (Å²) >= 11 is 11.9. The molecule has 1 aliphatic rings. The quantitative estimate of drug-likeness (QED) is 0.914. The smallest absolute Gasteiger partial charge is 0.230 e. The van der Waals surface area contributed by atoms with Crippen molar-refractivity contribution in [1.82, 2.24) is 15.5 Å². The van der Waals surface area contributed by atoms with Crippen LogP contribution in [0.15, 0.2) is 22.7 Å². The Morgan fingerprint density at radius 1 is 1.14 bits per heavy atom. The first-order valence-corrected chi connectivity index (χ1v) is 7.89. The molecule has 4 nitrogen and oxygen atoms in total. The number of hydrogen-bond donors (Lipinski definition) is 1. The first-order valence-electron chi connectivity index (χ1n) is 7.13. The standard InChI is InChI=1S/C15H17Cl2N3O/c1-18-11-5-2-9(3-6-11)15-19-14(20-21-15)10-4-7-12(16)13(17)8-10/h4,7-9,11,18H,2-3,5-6H2,1H3. The minimum Gasteiger partial charge on any atom is -0.339 e. The SMILES string of the molecule is CNC1CCC(c2nc(-c3ccc(Cl)c(Cl)c3)no2)CC1. The lowest BCUT2D eigenvalue weighted by Crippen LogP contribution is -2.29. The minimum atomic E-state index is 0.360. The summed E-state index contributed by atoms with van der Waals surface area (Å²) in [5.74, 6) is 1.66. The Kier molecular flexibility index (Phi) is 4.48. The molecule has 3 rings (SSSR count). The third-order valence-electron chi connectivity index (χ3n) is 4.10. The monoisotopic (exact) mass is 325 g/mol. The highest BCUT2D eigenvalue weighted by Gasteiger charge is 2.25. The summed E-state index contributed by atoms with van der Waals surface area (Å²) in [7, 11) is 2.01. The second-order valence-corrected chi connectivity index (χ2v) is 6.24. The number of aromatic nitrogens is 2. The number of rotatable bonds is 3. The predicted molar refractivity (Wildman–Crippen MR) is 83.8 cm³/mol. The van der Waals surface area contributed by atoms with Gasteiger partial charge in [-0.2, -0.15) is 4.98 Å². The maximum Gasteiger partial charge on any atom is 0.230 e. The Morgan fingerprint density at radius 2 is 1.90 bits per heavy atom. The molecule has 1 aliphatic carbocycles. The van der Waals surface area contributed by atoms with Crippen LogP contribution < -0.4 is 5.32 Å². The Bertz CT molecular complexity index is 621. The third-order valence-corrected chi connectivity index (χ3v) is 4.84. The van der Waals surface area contributed by atoms with E-state index in [1.54, 1.807) is 12.1 Å². The molecular weight excluding hydrogens is 309 g/mol. The second kappa shape index (κ2) is 6.34. The van der Waals surface area contributed by atoms with Crippen molar-refractivity contribution in [3.05, 3.63) is 34.1 Å². The van der Waals surface area contributed by atoms with Gasteiger partial charge in [-0.05, 0) is 50.9 Å². The van der Waals surface area contributed by atoms with Gasteiger partial charge in [-0.25, -0.2) is 0 Å². The van der Waals surface area contributed by atoms with Crippen molar-refractivity contribution in [2.24, 2.45) is 0 Å². The van der Waals surface area contributed by atoms with Gasteiger partial charge in [0, 0.05) is 17.5 Å². The zero-order valence-electron chi connectivity index (χ0n) is 11.8. The largest absolute Gasteiger partial charge is 0.339 e. The molecule has 1 saturated carbocycles. The van der Waals surface area contributed by atoms with Crippen LogP contribution >= 0.6 is 23.2 Å². The molecule has 0 radical (unpaired) electrons. The Hall–Kier alpha value is -1.10. The average Bonchev–Trinajstić information content (AvgIpc) is 3.00. The van der Waals surface area contributed by atoms with Gasteiger partial charge in [-0.3, -0.25) is 0 Å². The Balaban J connectivity index is 1.76. The fourth-order valence-corrected chi connectivity index (χ4v) is 3.08. The third kappa shape index (κ3) is 3.23. The van der Waals surface area contributed by atoms with E-state index < -0.39 is 0 Å². The lowest BCUT2D eigenvalue weighted by atomic mass is 9.86. The molecule has 1 N–H and O–H groups in total. The lowest BCUT2D eigenvalue weighted by molar-refractivity contribution is 0.289. The van der Waals surface area contributed by atoms with E-state index in [9.17, 15) is 0 Å². The van der Waals surface area contributed by atoms with Crippen LogP contribution in [0.5, 0.6) is 0 Å². The molecule has 0 aliphatic heterocycles. The minimum absolute atomic E-state index is 0.360. The lowest BCUT2D eigenvalue weighted by Gasteiger charge is -2.25. The molecule has 1 fully saturated rings. The maximum absolute atomic E-state index is 6.03. The van der Waals surface area contributed by atoms with Gasteiger partial charge in [0.25, 0.3) is 0 Å². The van der Waals surface area contributed by atoms with Gasteiger partial charge in [0.15, 0.2) is 0 Å². The molecule has 0 atom stereocenters. The number of halogens is 2. The van der Waals surface area contributed by atoms with Crippen LogP contribution in [0, 0.1) is 0 Å². The Labute approximate surface area is 133 Å². The number of nitrogens with one attached hydrogen (secondary N) is 1. The fourth-order valence-electron chi connectivity index (χ4n) is 2.78. The molecule has 112 valence electrons. The van der Waals surface area contributed by atoms with E-state index in [0.717, 1.165) is 37.1 Å². The Morgan fingerprint density at radius 3 is 2.57 bits per heavy atom. The predicted octanol–water partition coefficient (Wildman–Crippen LogP) is 4.29. The van der Waals surface area contributed by atoms with Gasteiger partial charge in [-0.15, -0.1) is 0 Å². The topological polar surface area (TPSA) is 51.0 Å². The molecular formula is C15H17Cl2N3O. The van der Waals surface area contributed by atoms with E-state index in [4.69, 9.17) is 27.7 Å². The van der Waals surface area contributed by atoms with Crippen molar-refractivity contribution >= 4 is 23.2 Å². The van der Waals surface area contributed by atoms with Crippen LogP contribution in [0.25, 0.3) is 11.4 Å². The van der Waals surface area contributed by atoms with Crippen LogP contribution in [-0.2, 0) is 0 Å². The zero-order chi connectivity index (χ0) is 14.8. The molecule has 0 saturated heterocycles. The van der Waals surface area contributed by atoms with E-state index in [2.05, 4.69) is 15.5 Å². The van der Waals surface area contributed by atoms with Gasteiger partial charge in [0.05, 0.1) is 10.0 Å². The number of benzene rings is 1. The van der Waals surface area contributed by atoms with Gasteiger partial charge < -0.3 is 9.84 Å². The molecule has 1 aromatic heterocycles. The van der Waals surface area contributed by atoms with Crippen LogP contribution in [0.1, 0.15) is 37.5 Å². The molecule has 1 aromatic carbocycles. The number of hydrogen-bond acceptors (Lipinski definition) is 4. The zero-order valence-corrected chi connectivity index (χ0v) is 13.3. The molecule has 0 unspecified atom stereocenters. The van der Waals surface area contributed by atoms with Crippen molar-refractivity contribution in [3.63, 3.8) is 0 Å². The molecule has 2 aromatic rings. The van der Waals surface area contributed by atoms with Gasteiger partial charge in [0.1, 0.15) is 0 Å². The van der Waals surface area contributed by atoms with E-state index in [-0.39, 0.29) is 0 Å². The summed E-state index contributed by atoms with van der Waals surface area (Å²) in [6, 6.07) is 5.96. The van der Waals surface area contributed by atoms with Crippen molar-refractivity contribution in [2.45, 2.75) is 37.6 Å². The van der Waals surface area contributed by atoms with Gasteiger partial charge in [0.2, 0.25) is 11.7 Å². The van der Waals surface area contributed by atoms with Gasteiger partial charge in [-0.1, -0.05) is 28.4 Å². The summed E-state index contributed by atoms with van der Waals surface area (Å²) in [6.45, 7) is 0. The highest BCUT2D eigenvalue weighted by atomic mass is 35.5. The van der Waals surface area contributed by atoms with Crippen molar-refractivity contribution in [3.8, 4) is 11.4 Å². The average molecular weight is 326 g/mol. The molecule has 21 heavy (non-hydrogen) atoms. The molecule has 6 heteroatoms. The molecule has 1 heterocycles. The second-order valence-electron chi connectivity index (χ2n) is 5.42.